The molecule has 0 saturated heterocycles. The third-order valence-electron chi connectivity index (χ3n) is 4.29. The molecule has 3 heteroatoms. The van der Waals surface area contributed by atoms with E-state index in [0.29, 0.717) is 11.0 Å². The van der Waals surface area contributed by atoms with Crippen LogP contribution in [0.25, 0.3) is 0 Å². The maximum absolute atomic E-state index is 5.69. The van der Waals surface area contributed by atoms with Crippen LogP contribution in [0.1, 0.15) is 50.2 Å². The van der Waals surface area contributed by atoms with Gasteiger partial charge in [0.1, 0.15) is 4.99 Å². The molecule has 3 N–H and O–H groups in total. The van der Waals surface area contributed by atoms with Gasteiger partial charge in [0.2, 0.25) is 0 Å². The number of hydrogen-bond acceptors (Lipinski definition) is 2. The quantitative estimate of drug-likeness (QED) is 0.816. The number of anilines is 1. The lowest BCUT2D eigenvalue weighted by atomic mass is 9.84. The first kappa shape index (κ1) is 14.3. The number of aryl methyl sites for hydroxylation is 1. The summed E-state index contributed by atoms with van der Waals surface area (Å²) in [5.41, 5.74) is 9.02. The lowest BCUT2D eigenvalue weighted by molar-refractivity contribution is 0.330. The highest BCUT2D eigenvalue weighted by atomic mass is 32.1. The number of nitrogens with two attached hydrogens (primary N) is 1. The fraction of sp³-hybridized carbons (Fsp3) is 0.562. The zero-order valence-corrected chi connectivity index (χ0v) is 12.7. The molecule has 1 aliphatic rings. The van der Waals surface area contributed by atoms with Crippen LogP contribution in [0.3, 0.4) is 0 Å². The molecule has 1 aromatic rings. The van der Waals surface area contributed by atoms with Crippen molar-refractivity contribution in [1.29, 1.82) is 0 Å². The van der Waals surface area contributed by atoms with Crippen LogP contribution in [-0.2, 0) is 0 Å². The summed E-state index contributed by atoms with van der Waals surface area (Å²) in [4.78, 5) is 0.479. The Morgan fingerprint density at radius 1 is 1.32 bits per heavy atom. The van der Waals surface area contributed by atoms with E-state index in [9.17, 15) is 0 Å². The molecule has 104 valence electrons. The fourth-order valence-electron chi connectivity index (χ4n) is 2.98. The Kier molecular flexibility index (Phi) is 4.81. The molecule has 1 fully saturated rings. The van der Waals surface area contributed by atoms with E-state index in [-0.39, 0.29) is 0 Å². The normalized spacial score (nSPS) is 23.1. The lowest BCUT2D eigenvalue weighted by Crippen LogP contribution is -2.26. The maximum Gasteiger partial charge on any atom is 0.104 e. The average Bonchev–Trinajstić information content (AvgIpc) is 2.39. The van der Waals surface area contributed by atoms with Gasteiger partial charge >= 0.3 is 0 Å². The van der Waals surface area contributed by atoms with Gasteiger partial charge in [-0.05, 0) is 62.3 Å². The molecule has 19 heavy (non-hydrogen) atoms. The molecule has 0 aromatic heterocycles. The second kappa shape index (κ2) is 6.38. The van der Waals surface area contributed by atoms with Crippen molar-refractivity contribution >= 4 is 22.9 Å². The van der Waals surface area contributed by atoms with Crippen molar-refractivity contribution < 1.29 is 0 Å². The summed E-state index contributed by atoms with van der Waals surface area (Å²) in [7, 11) is 0. The number of nitrogens with one attached hydrogen (secondary N) is 1. The Labute approximate surface area is 121 Å². The second-order valence-corrected chi connectivity index (χ2v) is 6.10. The molecule has 0 unspecified atom stereocenters. The van der Waals surface area contributed by atoms with Crippen molar-refractivity contribution in [3.8, 4) is 0 Å². The van der Waals surface area contributed by atoms with Gasteiger partial charge in [0.05, 0.1) is 0 Å². The Hall–Kier alpha value is -1.09. The molecular formula is C16H24N2S. The minimum Gasteiger partial charge on any atom is -0.389 e. The summed E-state index contributed by atoms with van der Waals surface area (Å²) in [6, 6.07) is 6.89. The monoisotopic (exact) mass is 276 g/mol. The molecule has 0 amide bonds. The van der Waals surface area contributed by atoms with Gasteiger partial charge in [0.25, 0.3) is 0 Å². The van der Waals surface area contributed by atoms with Crippen LogP contribution in [0.15, 0.2) is 18.2 Å². The third-order valence-corrected chi connectivity index (χ3v) is 4.51. The summed E-state index contributed by atoms with van der Waals surface area (Å²) in [6.07, 6.45) is 6.62. The molecule has 0 radical (unpaired) electrons. The smallest absolute Gasteiger partial charge is 0.104 e. The van der Waals surface area contributed by atoms with Crippen molar-refractivity contribution in [2.24, 2.45) is 11.7 Å². The van der Waals surface area contributed by atoms with Crippen LogP contribution in [0.5, 0.6) is 0 Å². The minimum absolute atomic E-state index is 0.479. The van der Waals surface area contributed by atoms with Crippen molar-refractivity contribution in [3.63, 3.8) is 0 Å². The Bertz CT molecular complexity index is 448. The molecule has 0 spiro atoms. The van der Waals surface area contributed by atoms with Crippen LogP contribution in [-0.4, -0.2) is 11.0 Å². The molecule has 1 aliphatic carbocycles. The number of thiocarbonyl (C=S) groups is 1. The predicted octanol–water partition coefficient (Wildman–Crippen LogP) is 4.01. The number of hydrogen-bond donors (Lipinski definition) is 2. The molecule has 1 saturated carbocycles. The van der Waals surface area contributed by atoms with E-state index in [1.165, 1.54) is 37.8 Å². The highest BCUT2D eigenvalue weighted by molar-refractivity contribution is 7.80. The van der Waals surface area contributed by atoms with Gasteiger partial charge in [-0.25, -0.2) is 0 Å². The van der Waals surface area contributed by atoms with E-state index >= 15 is 0 Å². The van der Waals surface area contributed by atoms with Gasteiger partial charge in [-0.3, -0.25) is 0 Å². The van der Waals surface area contributed by atoms with E-state index in [0.717, 1.165) is 17.0 Å². The van der Waals surface area contributed by atoms with Crippen molar-refractivity contribution in [2.75, 3.05) is 5.32 Å². The molecule has 0 heterocycles. The first-order chi connectivity index (χ1) is 9.10. The zero-order valence-electron chi connectivity index (χ0n) is 11.9. The van der Waals surface area contributed by atoms with Crippen LogP contribution in [0.4, 0.5) is 5.69 Å². The zero-order chi connectivity index (χ0) is 13.8. The molecule has 1 aromatic carbocycles. The van der Waals surface area contributed by atoms with E-state index in [1.807, 2.05) is 6.07 Å². The van der Waals surface area contributed by atoms with Crippen molar-refractivity contribution in [2.45, 2.75) is 52.0 Å². The SMILES string of the molecule is CCC1CCC(Nc2ccc(C(N)=S)c(C)c2)CC1. The van der Waals surface area contributed by atoms with Crippen molar-refractivity contribution in [1.82, 2.24) is 0 Å². The van der Waals surface area contributed by atoms with E-state index in [2.05, 4.69) is 31.3 Å². The molecular weight excluding hydrogens is 252 g/mol. The van der Waals surface area contributed by atoms with Gasteiger partial charge in [0.15, 0.2) is 0 Å². The van der Waals surface area contributed by atoms with Gasteiger partial charge in [-0.2, -0.15) is 0 Å². The van der Waals surface area contributed by atoms with E-state index < -0.39 is 0 Å². The molecule has 0 aliphatic heterocycles. The fourth-order valence-corrected chi connectivity index (χ4v) is 3.21. The average molecular weight is 276 g/mol. The molecule has 2 rings (SSSR count). The van der Waals surface area contributed by atoms with Gasteiger partial charge in [0, 0.05) is 17.3 Å². The molecule has 0 bridgehead atoms. The van der Waals surface area contributed by atoms with Gasteiger partial charge < -0.3 is 11.1 Å². The summed E-state index contributed by atoms with van der Waals surface area (Å²) in [5, 5.41) is 3.65. The van der Waals surface area contributed by atoms with Crippen LogP contribution in [0, 0.1) is 12.8 Å². The summed E-state index contributed by atoms with van der Waals surface area (Å²) in [5.74, 6) is 0.941. The van der Waals surface area contributed by atoms with Gasteiger partial charge in [-0.1, -0.05) is 25.6 Å². The maximum atomic E-state index is 5.69. The van der Waals surface area contributed by atoms with Crippen LogP contribution >= 0.6 is 12.2 Å². The summed E-state index contributed by atoms with van der Waals surface area (Å²) in [6.45, 7) is 4.36. The summed E-state index contributed by atoms with van der Waals surface area (Å²) >= 11 is 5.04. The Morgan fingerprint density at radius 2 is 2.00 bits per heavy atom. The highest BCUT2D eigenvalue weighted by Gasteiger charge is 2.19. The predicted molar refractivity (Wildman–Crippen MR) is 86.7 cm³/mol. The highest BCUT2D eigenvalue weighted by Crippen LogP contribution is 2.28. The van der Waals surface area contributed by atoms with E-state index in [1.54, 1.807) is 0 Å². The topological polar surface area (TPSA) is 38.0 Å². The molecule has 0 atom stereocenters. The van der Waals surface area contributed by atoms with Crippen LogP contribution in [0.2, 0.25) is 0 Å². The molecule has 2 nitrogen and oxygen atoms in total. The Morgan fingerprint density at radius 3 is 2.53 bits per heavy atom. The Balaban J connectivity index is 1.97. The first-order valence-electron chi connectivity index (χ1n) is 7.27. The summed E-state index contributed by atoms with van der Waals surface area (Å²) < 4.78 is 0. The lowest BCUT2D eigenvalue weighted by Gasteiger charge is -2.29. The number of benzene rings is 1. The first-order valence-corrected chi connectivity index (χ1v) is 7.68. The van der Waals surface area contributed by atoms with Crippen molar-refractivity contribution in [3.05, 3.63) is 29.3 Å². The standard InChI is InChI=1S/C16H24N2S/c1-3-12-4-6-13(7-5-12)18-14-8-9-15(16(17)19)11(2)10-14/h8-10,12-13,18H,3-7H2,1-2H3,(H2,17,19). The van der Waals surface area contributed by atoms with E-state index in [4.69, 9.17) is 18.0 Å². The minimum atomic E-state index is 0.479. The third kappa shape index (κ3) is 3.69. The number of rotatable bonds is 4. The van der Waals surface area contributed by atoms with Crippen LogP contribution < -0.4 is 11.1 Å². The largest absolute Gasteiger partial charge is 0.389 e. The van der Waals surface area contributed by atoms with Gasteiger partial charge in [-0.15, -0.1) is 0 Å². The second-order valence-electron chi connectivity index (χ2n) is 5.66.